The minimum absolute atomic E-state index is 0.0812. The van der Waals surface area contributed by atoms with Crippen LogP contribution in [0.3, 0.4) is 0 Å². The van der Waals surface area contributed by atoms with Crippen molar-refractivity contribution in [2.24, 2.45) is 0 Å². The smallest absolute Gasteiger partial charge is 0.242 e. The van der Waals surface area contributed by atoms with Crippen molar-refractivity contribution in [3.05, 3.63) is 70.2 Å². The molecular formula is C22H27ClN2O2. The highest BCUT2D eigenvalue weighted by Crippen LogP contribution is 2.21. The van der Waals surface area contributed by atoms with Gasteiger partial charge in [-0.05, 0) is 43.0 Å². The molecule has 0 aliphatic carbocycles. The van der Waals surface area contributed by atoms with E-state index in [9.17, 15) is 9.59 Å². The van der Waals surface area contributed by atoms with E-state index in [1.54, 1.807) is 11.0 Å². The number of carbonyl (C=O) groups excluding carboxylic acids is 2. The number of hydrogen-bond donors (Lipinski definition) is 1. The van der Waals surface area contributed by atoms with E-state index in [4.69, 9.17) is 11.6 Å². The van der Waals surface area contributed by atoms with Gasteiger partial charge >= 0.3 is 0 Å². The monoisotopic (exact) mass is 386 g/mol. The minimum Gasteiger partial charge on any atom is -0.355 e. The molecule has 0 fully saturated rings. The van der Waals surface area contributed by atoms with Crippen LogP contribution in [-0.2, 0) is 22.6 Å². The summed E-state index contributed by atoms with van der Waals surface area (Å²) in [5, 5.41) is 3.44. The zero-order valence-electron chi connectivity index (χ0n) is 16.2. The van der Waals surface area contributed by atoms with Crippen molar-refractivity contribution in [1.82, 2.24) is 10.2 Å². The Morgan fingerprint density at radius 1 is 1.04 bits per heavy atom. The van der Waals surface area contributed by atoms with E-state index in [1.807, 2.05) is 63.2 Å². The second kappa shape index (κ2) is 10.1. The van der Waals surface area contributed by atoms with Crippen molar-refractivity contribution < 1.29 is 9.59 Å². The maximum Gasteiger partial charge on any atom is 0.242 e. The van der Waals surface area contributed by atoms with Crippen LogP contribution in [0, 0.1) is 6.92 Å². The Balaban J connectivity index is 2.32. The summed E-state index contributed by atoms with van der Waals surface area (Å²) in [5.74, 6) is -0.215. The van der Waals surface area contributed by atoms with Crippen LogP contribution in [0.5, 0.6) is 0 Å². The van der Waals surface area contributed by atoms with E-state index in [1.165, 1.54) is 0 Å². The van der Waals surface area contributed by atoms with Gasteiger partial charge in [-0.25, -0.2) is 0 Å². The number of halogens is 1. The maximum atomic E-state index is 13.2. The molecule has 5 heteroatoms. The van der Waals surface area contributed by atoms with Gasteiger partial charge in [0, 0.05) is 18.1 Å². The van der Waals surface area contributed by atoms with Gasteiger partial charge in [0.15, 0.2) is 0 Å². The third-order valence-corrected chi connectivity index (χ3v) is 5.01. The van der Waals surface area contributed by atoms with Crippen LogP contribution in [-0.4, -0.2) is 29.3 Å². The molecule has 2 aromatic carbocycles. The number of amides is 2. The van der Waals surface area contributed by atoms with Crippen LogP contribution in [0.15, 0.2) is 48.5 Å². The highest BCUT2D eigenvalue weighted by atomic mass is 35.5. The molecule has 2 amide bonds. The van der Waals surface area contributed by atoms with E-state index in [2.05, 4.69) is 5.32 Å². The average Bonchev–Trinajstić information content (AvgIpc) is 2.65. The normalized spacial score (nSPS) is 11.7. The van der Waals surface area contributed by atoms with E-state index in [0.29, 0.717) is 24.5 Å². The first-order valence-electron chi connectivity index (χ1n) is 9.33. The number of nitrogens with one attached hydrogen (secondary N) is 1. The van der Waals surface area contributed by atoms with Crippen LogP contribution >= 0.6 is 11.6 Å². The Labute approximate surface area is 166 Å². The number of rotatable bonds is 8. The van der Waals surface area contributed by atoms with Crippen LogP contribution in [0.2, 0.25) is 5.02 Å². The van der Waals surface area contributed by atoms with E-state index >= 15 is 0 Å². The molecule has 0 unspecified atom stereocenters. The Bertz CT molecular complexity index is 791. The molecule has 0 radical (unpaired) electrons. The zero-order valence-corrected chi connectivity index (χ0v) is 16.9. The summed E-state index contributed by atoms with van der Waals surface area (Å²) in [6.45, 7) is 6.61. The van der Waals surface area contributed by atoms with Gasteiger partial charge in [0.1, 0.15) is 6.04 Å². The second-order valence-corrected chi connectivity index (χ2v) is 6.94. The van der Waals surface area contributed by atoms with Crippen LogP contribution in [0.4, 0.5) is 0 Å². The molecule has 144 valence electrons. The Kier molecular flexibility index (Phi) is 7.86. The van der Waals surface area contributed by atoms with Crippen molar-refractivity contribution in [2.45, 2.75) is 46.2 Å². The fraction of sp³-hybridized carbons (Fsp3) is 0.364. The fourth-order valence-electron chi connectivity index (χ4n) is 3.09. The SMILES string of the molecule is CCNC(=O)[C@H](CC)N(Cc1ccccc1Cl)C(=O)Cc1ccccc1C. The first-order chi connectivity index (χ1) is 13.0. The maximum absolute atomic E-state index is 13.2. The third-order valence-electron chi connectivity index (χ3n) is 4.64. The molecule has 2 aromatic rings. The Morgan fingerprint density at radius 3 is 2.26 bits per heavy atom. The first-order valence-corrected chi connectivity index (χ1v) is 9.70. The number of carbonyl (C=O) groups is 2. The Morgan fingerprint density at radius 2 is 1.67 bits per heavy atom. The molecule has 0 saturated carbocycles. The van der Waals surface area contributed by atoms with Crippen molar-refractivity contribution in [2.75, 3.05) is 6.54 Å². The lowest BCUT2D eigenvalue weighted by molar-refractivity contribution is -0.140. The standard InChI is InChI=1S/C22H27ClN2O2/c1-4-20(22(27)24-5-2)25(15-18-12-8-9-13-19(18)23)21(26)14-17-11-7-6-10-16(17)3/h6-13,20H,4-5,14-15H2,1-3H3,(H,24,27)/t20-/m0/s1. The molecule has 0 aliphatic heterocycles. The third kappa shape index (κ3) is 5.57. The van der Waals surface area contributed by atoms with Crippen molar-refractivity contribution in [1.29, 1.82) is 0 Å². The summed E-state index contributed by atoms with van der Waals surface area (Å²) in [7, 11) is 0. The number of nitrogens with zero attached hydrogens (tertiary/aromatic N) is 1. The number of likely N-dealkylation sites (N-methyl/N-ethyl adjacent to an activating group) is 1. The second-order valence-electron chi connectivity index (χ2n) is 6.53. The quantitative estimate of drug-likeness (QED) is 0.741. The van der Waals surface area contributed by atoms with Crippen LogP contribution in [0.25, 0.3) is 0 Å². The Hall–Kier alpha value is -2.33. The highest BCUT2D eigenvalue weighted by Gasteiger charge is 2.28. The van der Waals surface area contributed by atoms with Crippen molar-refractivity contribution in [3.63, 3.8) is 0 Å². The summed E-state index contributed by atoms with van der Waals surface area (Å²) in [6.07, 6.45) is 0.794. The van der Waals surface area contributed by atoms with Gasteiger partial charge < -0.3 is 10.2 Å². The molecule has 2 rings (SSSR count). The van der Waals surface area contributed by atoms with E-state index in [-0.39, 0.29) is 18.2 Å². The number of benzene rings is 2. The predicted octanol–water partition coefficient (Wildman–Crippen LogP) is 4.13. The van der Waals surface area contributed by atoms with Crippen LogP contribution < -0.4 is 5.32 Å². The fourth-order valence-corrected chi connectivity index (χ4v) is 3.29. The summed E-state index contributed by atoms with van der Waals surface area (Å²) < 4.78 is 0. The molecule has 0 aromatic heterocycles. The molecule has 0 heterocycles. The summed E-state index contributed by atoms with van der Waals surface area (Å²) in [5.41, 5.74) is 2.87. The largest absolute Gasteiger partial charge is 0.355 e. The summed E-state index contributed by atoms with van der Waals surface area (Å²) in [6, 6.07) is 14.7. The molecule has 0 saturated heterocycles. The molecular weight excluding hydrogens is 360 g/mol. The topological polar surface area (TPSA) is 49.4 Å². The molecule has 0 spiro atoms. The van der Waals surface area contributed by atoms with E-state index < -0.39 is 6.04 Å². The lowest BCUT2D eigenvalue weighted by Crippen LogP contribution is -2.49. The van der Waals surface area contributed by atoms with Gasteiger partial charge in [0.2, 0.25) is 11.8 Å². The van der Waals surface area contributed by atoms with E-state index in [0.717, 1.165) is 16.7 Å². The van der Waals surface area contributed by atoms with Gasteiger partial charge in [-0.2, -0.15) is 0 Å². The minimum atomic E-state index is -0.530. The molecule has 1 N–H and O–H groups in total. The van der Waals surface area contributed by atoms with Crippen molar-refractivity contribution >= 4 is 23.4 Å². The molecule has 4 nitrogen and oxygen atoms in total. The number of hydrogen-bond acceptors (Lipinski definition) is 2. The molecule has 0 aliphatic rings. The summed E-state index contributed by atoms with van der Waals surface area (Å²) >= 11 is 6.31. The van der Waals surface area contributed by atoms with Gasteiger partial charge in [0.25, 0.3) is 0 Å². The molecule has 1 atom stereocenters. The molecule has 0 bridgehead atoms. The summed E-state index contributed by atoms with van der Waals surface area (Å²) in [4.78, 5) is 27.4. The lowest BCUT2D eigenvalue weighted by Gasteiger charge is -2.31. The zero-order chi connectivity index (χ0) is 19.8. The van der Waals surface area contributed by atoms with Gasteiger partial charge in [-0.15, -0.1) is 0 Å². The van der Waals surface area contributed by atoms with Gasteiger partial charge in [-0.1, -0.05) is 61.0 Å². The van der Waals surface area contributed by atoms with Crippen LogP contribution in [0.1, 0.15) is 37.0 Å². The van der Waals surface area contributed by atoms with Gasteiger partial charge in [0.05, 0.1) is 6.42 Å². The predicted molar refractivity (Wildman–Crippen MR) is 110 cm³/mol. The van der Waals surface area contributed by atoms with Crippen molar-refractivity contribution in [3.8, 4) is 0 Å². The lowest BCUT2D eigenvalue weighted by atomic mass is 10.0. The molecule has 27 heavy (non-hydrogen) atoms. The number of aryl methyl sites for hydroxylation is 1. The van der Waals surface area contributed by atoms with Gasteiger partial charge in [-0.3, -0.25) is 9.59 Å². The highest BCUT2D eigenvalue weighted by molar-refractivity contribution is 6.31. The first kappa shape index (κ1) is 21.0. The average molecular weight is 387 g/mol.